The topological polar surface area (TPSA) is 62.3 Å². The van der Waals surface area contributed by atoms with Gasteiger partial charge in [0.1, 0.15) is 11.4 Å². The lowest BCUT2D eigenvalue weighted by atomic mass is 10.0. The normalized spacial score (nSPS) is 12.5. The van der Waals surface area contributed by atoms with E-state index in [1.54, 1.807) is 20.4 Å². The van der Waals surface area contributed by atoms with Crippen molar-refractivity contribution in [3.63, 3.8) is 0 Å². The number of hydrogen-bond donors (Lipinski definition) is 1. The molecule has 1 heterocycles. The molecule has 114 valence electrons. The Morgan fingerprint density at radius 1 is 1.24 bits per heavy atom. The Morgan fingerprint density at radius 3 is 2.52 bits per heavy atom. The average Bonchev–Trinajstić information content (AvgIpc) is 2.91. The Labute approximate surface area is 133 Å². The summed E-state index contributed by atoms with van der Waals surface area (Å²) in [6.07, 6.45) is 1.70. The van der Waals surface area contributed by atoms with Crippen LogP contribution in [0.25, 0.3) is 0 Å². The first kappa shape index (κ1) is 15.9. The molecule has 2 N–H and O–H groups in total. The highest BCUT2D eigenvalue weighted by atomic mass is 79.9. The van der Waals surface area contributed by atoms with Gasteiger partial charge in [-0.1, -0.05) is 15.9 Å². The Hall–Kier alpha value is -1.53. The molecule has 1 aromatic heterocycles. The predicted octanol–water partition coefficient (Wildman–Crippen LogP) is 3.29. The van der Waals surface area contributed by atoms with E-state index >= 15 is 0 Å². The summed E-state index contributed by atoms with van der Waals surface area (Å²) < 4.78 is 13.5. The van der Waals surface area contributed by atoms with Gasteiger partial charge in [0.05, 0.1) is 26.5 Å². The Kier molecular flexibility index (Phi) is 4.90. The van der Waals surface area contributed by atoms with Crippen LogP contribution < -0.4 is 15.2 Å². The van der Waals surface area contributed by atoms with Crippen molar-refractivity contribution in [2.45, 2.75) is 25.9 Å². The highest BCUT2D eigenvalue weighted by Gasteiger charge is 2.23. The first-order valence-electron chi connectivity index (χ1n) is 6.70. The summed E-state index contributed by atoms with van der Waals surface area (Å²) in [4.78, 5) is 0. The third-order valence-corrected chi connectivity index (χ3v) is 4.06. The molecular weight excluding hydrogens is 334 g/mol. The second-order valence-electron chi connectivity index (χ2n) is 5.00. The fourth-order valence-corrected chi connectivity index (χ4v) is 2.75. The van der Waals surface area contributed by atoms with Gasteiger partial charge in [-0.2, -0.15) is 5.10 Å². The number of halogens is 1. The van der Waals surface area contributed by atoms with Crippen LogP contribution in [-0.2, 0) is 0 Å². The van der Waals surface area contributed by atoms with Crippen LogP contribution in [0.5, 0.6) is 11.5 Å². The Bertz CT molecular complexity index is 625. The van der Waals surface area contributed by atoms with Gasteiger partial charge in [-0.3, -0.25) is 4.68 Å². The second-order valence-corrected chi connectivity index (χ2v) is 5.86. The lowest BCUT2D eigenvalue weighted by Crippen LogP contribution is -2.20. The van der Waals surface area contributed by atoms with Crippen LogP contribution in [0.3, 0.4) is 0 Å². The van der Waals surface area contributed by atoms with E-state index in [1.165, 1.54) is 0 Å². The van der Waals surface area contributed by atoms with Gasteiger partial charge in [-0.05, 0) is 37.6 Å². The molecular formula is C15H20BrN3O2. The summed E-state index contributed by atoms with van der Waals surface area (Å²) in [5.74, 6) is 1.45. The fraction of sp³-hybridized carbons (Fsp3) is 0.400. The quantitative estimate of drug-likeness (QED) is 0.895. The largest absolute Gasteiger partial charge is 0.497 e. The molecule has 1 atom stereocenters. The summed E-state index contributed by atoms with van der Waals surface area (Å²) in [5, 5.41) is 4.37. The average molecular weight is 354 g/mol. The first-order chi connectivity index (χ1) is 9.99. The summed E-state index contributed by atoms with van der Waals surface area (Å²) in [7, 11) is 3.26. The summed E-state index contributed by atoms with van der Waals surface area (Å²) in [6, 6.07) is 5.56. The number of aromatic nitrogens is 2. The van der Waals surface area contributed by atoms with Crippen molar-refractivity contribution < 1.29 is 9.47 Å². The van der Waals surface area contributed by atoms with Crippen LogP contribution in [0, 0.1) is 0 Å². The zero-order valence-electron chi connectivity index (χ0n) is 12.6. The molecule has 0 saturated heterocycles. The van der Waals surface area contributed by atoms with Gasteiger partial charge in [0, 0.05) is 10.5 Å². The zero-order valence-corrected chi connectivity index (χ0v) is 14.2. The van der Waals surface area contributed by atoms with E-state index in [9.17, 15) is 0 Å². The third kappa shape index (κ3) is 3.06. The number of rotatable bonds is 5. The van der Waals surface area contributed by atoms with Crippen molar-refractivity contribution in [2.24, 2.45) is 5.73 Å². The monoisotopic (exact) mass is 353 g/mol. The standard InChI is InChI=1S/C15H20BrN3O2/c1-9(2)19-15(13(21-4)8-18-19)14(17)11-7-10(20-3)5-6-12(11)16/h5-9,14H,17H2,1-4H3. The van der Waals surface area contributed by atoms with E-state index in [0.29, 0.717) is 5.75 Å². The molecule has 1 aromatic carbocycles. The van der Waals surface area contributed by atoms with E-state index in [1.807, 2.05) is 22.9 Å². The van der Waals surface area contributed by atoms with Gasteiger partial charge in [0.15, 0.2) is 5.75 Å². The molecule has 0 amide bonds. The van der Waals surface area contributed by atoms with E-state index in [4.69, 9.17) is 15.2 Å². The minimum Gasteiger partial charge on any atom is -0.497 e. The van der Waals surface area contributed by atoms with Gasteiger partial charge in [-0.25, -0.2) is 0 Å². The zero-order chi connectivity index (χ0) is 15.6. The number of hydrogen-bond acceptors (Lipinski definition) is 4. The van der Waals surface area contributed by atoms with Crippen molar-refractivity contribution in [1.29, 1.82) is 0 Å². The number of benzene rings is 1. The lowest BCUT2D eigenvalue weighted by Gasteiger charge is -2.20. The van der Waals surface area contributed by atoms with Crippen LogP contribution in [0.4, 0.5) is 0 Å². The van der Waals surface area contributed by atoms with Crippen LogP contribution in [0.15, 0.2) is 28.9 Å². The molecule has 2 rings (SSSR count). The maximum Gasteiger partial charge on any atom is 0.161 e. The molecule has 1 unspecified atom stereocenters. The minimum atomic E-state index is -0.366. The maximum absolute atomic E-state index is 6.47. The Balaban J connectivity index is 2.53. The summed E-state index contributed by atoms with van der Waals surface area (Å²) in [6.45, 7) is 4.12. The molecule has 21 heavy (non-hydrogen) atoms. The number of ether oxygens (including phenoxy) is 2. The molecule has 6 heteroatoms. The molecule has 0 bridgehead atoms. The molecule has 0 spiro atoms. The Morgan fingerprint density at radius 2 is 1.95 bits per heavy atom. The molecule has 0 aliphatic rings. The number of nitrogens with zero attached hydrogens (tertiary/aromatic N) is 2. The molecule has 5 nitrogen and oxygen atoms in total. The van der Waals surface area contributed by atoms with Crippen molar-refractivity contribution in [1.82, 2.24) is 9.78 Å². The van der Waals surface area contributed by atoms with Crippen molar-refractivity contribution in [3.05, 3.63) is 40.1 Å². The SMILES string of the molecule is COc1ccc(Br)c(C(N)c2c(OC)cnn2C(C)C)c1. The van der Waals surface area contributed by atoms with Gasteiger partial charge in [0.25, 0.3) is 0 Å². The third-order valence-electron chi connectivity index (χ3n) is 3.34. The number of methoxy groups -OCH3 is 2. The molecule has 0 saturated carbocycles. The van der Waals surface area contributed by atoms with Crippen LogP contribution in [0.2, 0.25) is 0 Å². The highest BCUT2D eigenvalue weighted by molar-refractivity contribution is 9.10. The second kappa shape index (κ2) is 6.49. The van der Waals surface area contributed by atoms with E-state index in [0.717, 1.165) is 21.5 Å². The number of nitrogens with two attached hydrogens (primary N) is 1. The first-order valence-corrected chi connectivity index (χ1v) is 7.49. The van der Waals surface area contributed by atoms with Crippen LogP contribution >= 0.6 is 15.9 Å². The lowest BCUT2D eigenvalue weighted by molar-refractivity contribution is 0.400. The minimum absolute atomic E-state index is 0.194. The van der Waals surface area contributed by atoms with Crippen LogP contribution in [-0.4, -0.2) is 24.0 Å². The molecule has 2 aromatic rings. The van der Waals surface area contributed by atoms with Crippen molar-refractivity contribution in [2.75, 3.05) is 14.2 Å². The smallest absolute Gasteiger partial charge is 0.161 e. The van der Waals surface area contributed by atoms with Crippen molar-refractivity contribution in [3.8, 4) is 11.5 Å². The van der Waals surface area contributed by atoms with E-state index in [-0.39, 0.29) is 12.1 Å². The molecule has 0 fully saturated rings. The molecule has 0 aliphatic carbocycles. The summed E-state index contributed by atoms with van der Waals surface area (Å²) >= 11 is 3.55. The maximum atomic E-state index is 6.47. The van der Waals surface area contributed by atoms with E-state index < -0.39 is 0 Å². The fourth-order valence-electron chi connectivity index (χ4n) is 2.25. The van der Waals surface area contributed by atoms with E-state index in [2.05, 4.69) is 34.9 Å². The van der Waals surface area contributed by atoms with Gasteiger partial charge < -0.3 is 15.2 Å². The molecule has 0 aliphatic heterocycles. The highest BCUT2D eigenvalue weighted by Crippen LogP contribution is 2.35. The van der Waals surface area contributed by atoms with Crippen molar-refractivity contribution >= 4 is 15.9 Å². The predicted molar refractivity (Wildman–Crippen MR) is 85.9 cm³/mol. The van der Waals surface area contributed by atoms with Gasteiger partial charge in [0.2, 0.25) is 0 Å². The molecule has 0 radical (unpaired) electrons. The summed E-state index contributed by atoms with van der Waals surface area (Å²) in [5.41, 5.74) is 8.25. The van der Waals surface area contributed by atoms with Gasteiger partial charge in [-0.15, -0.1) is 0 Å². The van der Waals surface area contributed by atoms with Gasteiger partial charge >= 0.3 is 0 Å². The van der Waals surface area contributed by atoms with Crippen LogP contribution in [0.1, 0.15) is 37.2 Å².